The van der Waals surface area contributed by atoms with Crippen LogP contribution in [-0.2, 0) is 6.54 Å². The lowest BCUT2D eigenvalue weighted by molar-refractivity contribution is 0.145. The van der Waals surface area contributed by atoms with Crippen LogP contribution in [0.4, 0.5) is 5.82 Å². The molecule has 112 valence electrons. The second-order valence-corrected chi connectivity index (χ2v) is 6.81. The van der Waals surface area contributed by atoms with Crippen LogP contribution in [0.15, 0.2) is 12.3 Å². The Morgan fingerprint density at radius 2 is 2.00 bits per heavy atom. The van der Waals surface area contributed by atoms with Gasteiger partial charge in [-0.05, 0) is 57.7 Å². The molecule has 2 N–H and O–H groups in total. The summed E-state index contributed by atoms with van der Waals surface area (Å²) in [5.41, 5.74) is 2.56. The second-order valence-electron chi connectivity index (χ2n) is 6.81. The lowest BCUT2D eigenvalue weighted by Crippen LogP contribution is -2.37. The zero-order valence-electron chi connectivity index (χ0n) is 13.1. The normalized spacial score (nSPS) is 17.6. The number of hydrogen-bond acceptors (Lipinski definition) is 4. The van der Waals surface area contributed by atoms with Gasteiger partial charge >= 0.3 is 0 Å². The van der Waals surface area contributed by atoms with E-state index in [1.807, 2.05) is 6.20 Å². The molecule has 1 aromatic rings. The number of aryl methyl sites for hydroxylation is 1. The summed E-state index contributed by atoms with van der Waals surface area (Å²) < 4.78 is 0. The molecule has 0 spiro atoms. The Balaban J connectivity index is 2.02. The fourth-order valence-electron chi connectivity index (χ4n) is 2.50. The number of aromatic nitrogens is 1. The van der Waals surface area contributed by atoms with E-state index in [0.717, 1.165) is 38.3 Å². The highest BCUT2D eigenvalue weighted by molar-refractivity contribution is 5.47. The Morgan fingerprint density at radius 3 is 2.55 bits per heavy atom. The number of piperidine rings is 1. The van der Waals surface area contributed by atoms with Gasteiger partial charge in [0.15, 0.2) is 0 Å². The minimum absolute atomic E-state index is 0.121. The molecule has 0 atom stereocenters. The zero-order chi connectivity index (χ0) is 14.8. The minimum atomic E-state index is -0.137. The van der Waals surface area contributed by atoms with Gasteiger partial charge in [-0.3, -0.25) is 0 Å². The third-order valence-corrected chi connectivity index (χ3v) is 3.69. The lowest BCUT2D eigenvalue weighted by Gasteiger charge is -2.31. The van der Waals surface area contributed by atoms with Gasteiger partial charge < -0.3 is 15.3 Å². The molecular formula is C16H27N3O. The van der Waals surface area contributed by atoms with Crippen LogP contribution >= 0.6 is 0 Å². The molecule has 2 rings (SSSR count). The van der Waals surface area contributed by atoms with E-state index in [9.17, 15) is 5.11 Å². The first-order chi connectivity index (χ1) is 9.35. The average Bonchev–Trinajstić information content (AvgIpc) is 2.37. The van der Waals surface area contributed by atoms with Gasteiger partial charge in [0.25, 0.3) is 0 Å². The van der Waals surface area contributed by atoms with Gasteiger partial charge in [-0.1, -0.05) is 0 Å². The maximum Gasteiger partial charge on any atom is 0.131 e. The summed E-state index contributed by atoms with van der Waals surface area (Å²) in [6, 6.07) is 2.21. The van der Waals surface area contributed by atoms with E-state index in [2.05, 4.69) is 49.0 Å². The van der Waals surface area contributed by atoms with Crippen molar-refractivity contribution in [2.45, 2.75) is 58.7 Å². The van der Waals surface area contributed by atoms with Crippen molar-refractivity contribution in [2.75, 3.05) is 18.0 Å². The van der Waals surface area contributed by atoms with Crippen molar-refractivity contribution in [3.63, 3.8) is 0 Å². The summed E-state index contributed by atoms with van der Waals surface area (Å²) in [7, 11) is 0. The van der Waals surface area contributed by atoms with E-state index in [1.165, 1.54) is 11.1 Å². The first kappa shape index (κ1) is 15.3. The van der Waals surface area contributed by atoms with Crippen molar-refractivity contribution >= 4 is 5.82 Å². The third kappa shape index (κ3) is 4.18. The Labute approximate surface area is 122 Å². The maximum absolute atomic E-state index is 9.58. The van der Waals surface area contributed by atoms with Crippen molar-refractivity contribution in [3.05, 3.63) is 23.4 Å². The minimum Gasteiger partial charge on any atom is -0.393 e. The highest BCUT2D eigenvalue weighted by Gasteiger charge is 2.19. The molecule has 4 nitrogen and oxygen atoms in total. The average molecular weight is 277 g/mol. The summed E-state index contributed by atoms with van der Waals surface area (Å²) in [5.74, 6) is 1.07. The zero-order valence-corrected chi connectivity index (χ0v) is 13.1. The molecule has 0 radical (unpaired) electrons. The van der Waals surface area contributed by atoms with E-state index in [-0.39, 0.29) is 11.6 Å². The van der Waals surface area contributed by atoms with Gasteiger partial charge in [0.05, 0.1) is 6.10 Å². The molecule has 4 heteroatoms. The molecule has 1 aliphatic rings. The van der Waals surface area contributed by atoms with Crippen LogP contribution in [0.25, 0.3) is 0 Å². The highest BCUT2D eigenvalue weighted by atomic mass is 16.3. The van der Waals surface area contributed by atoms with Gasteiger partial charge in [-0.15, -0.1) is 0 Å². The third-order valence-electron chi connectivity index (χ3n) is 3.69. The quantitative estimate of drug-likeness (QED) is 0.889. The molecular weight excluding hydrogens is 250 g/mol. The molecule has 1 saturated heterocycles. The van der Waals surface area contributed by atoms with Crippen LogP contribution in [0.1, 0.15) is 44.7 Å². The molecule has 2 heterocycles. The molecule has 1 aromatic heterocycles. The first-order valence-electron chi connectivity index (χ1n) is 7.49. The van der Waals surface area contributed by atoms with Gasteiger partial charge in [-0.2, -0.15) is 0 Å². The van der Waals surface area contributed by atoms with Gasteiger partial charge in [0.2, 0.25) is 0 Å². The van der Waals surface area contributed by atoms with Gasteiger partial charge in [-0.25, -0.2) is 4.98 Å². The number of nitrogens with zero attached hydrogens (tertiary/aromatic N) is 2. The van der Waals surface area contributed by atoms with Crippen LogP contribution in [0.2, 0.25) is 0 Å². The summed E-state index contributed by atoms with van der Waals surface area (Å²) in [6.07, 6.45) is 3.51. The summed E-state index contributed by atoms with van der Waals surface area (Å²) >= 11 is 0. The highest BCUT2D eigenvalue weighted by Crippen LogP contribution is 2.22. The Morgan fingerprint density at radius 1 is 1.35 bits per heavy atom. The number of nitrogens with one attached hydrogen (secondary N) is 1. The number of anilines is 1. The summed E-state index contributed by atoms with van der Waals surface area (Å²) in [6.45, 7) is 11.3. The fraction of sp³-hybridized carbons (Fsp3) is 0.688. The van der Waals surface area contributed by atoms with Crippen LogP contribution in [0.3, 0.4) is 0 Å². The van der Waals surface area contributed by atoms with Gasteiger partial charge in [0.1, 0.15) is 5.82 Å². The molecule has 0 saturated carbocycles. The second kappa shape index (κ2) is 6.10. The maximum atomic E-state index is 9.58. The number of pyridine rings is 1. The lowest BCUT2D eigenvalue weighted by atomic mass is 10.1. The van der Waals surface area contributed by atoms with Crippen LogP contribution in [0, 0.1) is 6.92 Å². The van der Waals surface area contributed by atoms with E-state index in [4.69, 9.17) is 0 Å². The molecule has 0 unspecified atom stereocenters. The predicted octanol–water partition coefficient (Wildman–Crippen LogP) is 2.24. The summed E-state index contributed by atoms with van der Waals surface area (Å²) in [5, 5.41) is 13.1. The van der Waals surface area contributed by atoms with E-state index in [0.29, 0.717) is 0 Å². The molecule has 1 fully saturated rings. The van der Waals surface area contributed by atoms with Crippen LogP contribution in [-0.4, -0.2) is 34.8 Å². The van der Waals surface area contributed by atoms with Crippen LogP contribution in [0.5, 0.6) is 0 Å². The van der Waals surface area contributed by atoms with E-state index < -0.39 is 0 Å². The van der Waals surface area contributed by atoms with Gasteiger partial charge in [0, 0.05) is 31.4 Å². The smallest absolute Gasteiger partial charge is 0.131 e. The van der Waals surface area contributed by atoms with Crippen molar-refractivity contribution in [1.82, 2.24) is 10.3 Å². The number of aliphatic hydroxyl groups is 1. The number of rotatable bonds is 3. The van der Waals surface area contributed by atoms with Crippen LogP contribution < -0.4 is 10.2 Å². The Kier molecular flexibility index (Phi) is 4.66. The SMILES string of the molecule is Cc1cc(CNC(C)(C)C)cnc1N1CCC(O)CC1. The monoisotopic (exact) mass is 277 g/mol. The molecule has 0 aromatic carbocycles. The van der Waals surface area contributed by atoms with Crippen molar-refractivity contribution < 1.29 is 5.11 Å². The number of hydrogen-bond donors (Lipinski definition) is 2. The standard InChI is InChI=1S/C16H27N3O/c1-12-9-13(11-18-16(2,3)4)10-17-15(12)19-7-5-14(20)6-8-19/h9-10,14,18,20H,5-8,11H2,1-4H3. The molecule has 0 bridgehead atoms. The molecule has 1 aliphatic heterocycles. The van der Waals surface area contributed by atoms with Crippen molar-refractivity contribution in [3.8, 4) is 0 Å². The van der Waals surface area contributed by atoms with Crippen molar-refractivity contribution in [1.29, 1.82) is 0 Å². The van der Waals surface area contributed by atoms with E-state index >= 15 is 0 Å². The largest absolute Gasteiger partial charge is 0.393 e. The first-order valence-corrected chi connectivity index (χ1v) is 7.49. The Hall–Kier alpha value is -1.13. The van der Waals surface area contributed by atoms with E-state index in [1.54, 1.807) is 0 Å². The predicted molar refractivity (Wildman–Crippen MR) is 83.0 cm³/mol. The Bertz CT molecular complexity index is 446. The molecule has 20 heavy (non-hydrogen) atoms. The number of aliphatic hydroxyl groups excluding tert-OH is 1. The molecule has 0 amide bonds. The fourth-order valence-corrected chi connectivity index (χ4v) is 2.50. The molecule has 0 aliphatic carbocycles. The van der Waals surface area contributed by atoms with Crippen molar-refractivity contribution in [2.24, 2.45) is 0 Å². The topological polar surface area (TPSA) is 48.4 Å². The summed E-state index contributed by atoms with van der Waals surface area (Å²) in [4.78, 5) is 6.91.